The molecule has 0 saturated heterocycles. The second-order valence-electron chi connectivity index (χ2n) is 4.58. The van der Waals surface area contributed by atoms with Gasteiger partial charge in [0.15, 0.2) is 0 Å². The van der Waals surface area contributed by atoms with Crippen molar-refractivity contribution in [3.05, 3.63) is 46.2 Å². The van der Waals surface area contributed by atoms with Gasteiger partial charge in [-0.2, -0.15) is 0 Å². The van der Waals surface area contributed by atoms with E-state index in [1.54, 1.807) is 11.3 Å². The van der Waals surface area contributed by atoms with Crippen molar-refractivity contribution in [2.75, 3.05) is 26.0 Å². The standard InChI is InChI=1S/C15H20N2OS/c1-16-10-14-7-8-15(19-14)11-18-13-6-4-5-12(9-13)17(2)3/h4-9,16H,10-11H2,1-3H3. The molecule has 102 valence electrons. The molecule has 1 N–H and O–H groups in total. The Labute approximate surface area is 118 Å². The Hall–Kier alpha value is -1.52. The second kappa shape index (κ2) is 6.59. The molecule has 3 nitrogen and oxygen atoms in total. The molecule has 0 aliphatic carbocycles. The fraction of sp³-hybridized carbons (Fsp3) is 0.333. The van der Waals surface area contributed by atoms with E-state index in [1.807, 2.05) is 33.3 Å². The molecule has 0 bridgehead atoms. The average Bonchev–Trinajstić information content (AvgIpc) is 2.85. The van der Waals surface area contributed by atoms with Crippen LogP contribution in [0.3, 0.4) is 0 Å². The van der Waals surface area contributed by atoms with Gasteiger partial charge in [0.2, 0.25) is 0 Å². The number of ether oxygens (including phenoxy) is 1. The molecule has 1 aromatic heterocycles. The van der Waals surface area contributed by atoms with Crippen LogP contribution < -0.4 is 15.0 Å². The Morgan fingerprint density at radius 1 is 1.16 bits per heavy atom. The number of hydrogen-bond acceptors (Lipinski definition) is 4. The molecule has 4 heteroatoms. The van der Waals surface area contributed by atoms with Crippen molar-refractivity contribution in [2.24, 2.45) is 0 Å². The number of nitrogens with one attached hydrogen (secondary N) is 1. The molecule has 0 saturated carbocycles. The van der Waals surface area contributed by atoms with Crippen LogP contribution >= 0.6 is 11.3 Å². The lowest BCUT2D eigenvalue weighted by Crippen LogP contribution is -2.08. The minimum atomic E-state index is 0.630. The summed E-state index contributed by atoms with van der Waals surface area (Å²) in [7, 11) is 6.02. The Balaban J connectivity index is 1.95. The van der Waals surface area contributed by atoms with Gasteiger partial charge >= 0.3 is 0 Å². The van der Waals surface area contributed by atoms with Gasteiger partial charge in [0.05, 0.1) is 0 Å². The Bertz CT molecular complexity index is 522. The first-order valence-electron chi connectivity index (χ1n) is 6.31. The smallest absolute Gasteiger partial charge is 0.122 e. The summed E-state index contributed by atoms with van der Waals surface area (Å²) < 4.78 is 5.84. The number of benzene rings is 1. The predicted octanol–water partition coefficient (Wildman–Crippen LogP) is 3.11. The molecule has 1 heterocycles. The molecule has 0 aliphatic heterocycles. The van der Waals surface area contributed by atoms with Crippen molar-refractivity contribution in [3.8, 4) is 5.75 Å². The molecule has 0 radical (unpaired) electrons. The second-order valence-corrected chi connectivity index (χ2v) is 5.83. The van der Waals surface area contributed by atoms with Gasteiger partial charge in [0.25, 0.3) is 0 Å². The quantitative estimate of drug-likeness (QED) is 0.877. The molecule has 0 unspecified atom stereocenters. The SMILES string of the molecule is CNCc1ccc(COc2cccc(N(C)C)c2)s1. The number of anilines is 1. The lowest BCUT2D eigenvalue weighted by atomic mass is 10.3. The van der Waals surface area contributed by atoms with Crippen LogP contribution in [-0.2, 0) is 13.2 Å². The molecule has 2 aromatic rings. The highest BCUT2D eigenvalue weighted by atomic mass is 32.1. The number of thiophene rings is 1. The minimum Gasteiger partial charge on any atom is -0.488 e. The largest absolute Gasteiger partial charge is 0.488 e. The van der Waals surface area contributed by atoms with Crippen molar-refractivity contribution in [1.29, 1.82) is 0 Å². The third-order valence-corrected chi connectivity index (χ3v) is 3.84. The Kier molecular flexibility index (Phi) is 4.82. The van der Waals surface area contributed by atoms with Crippen LogP contribution in [0.4, 0.5) is 5.69 Å². The van der Waals surface area contributed by atoms with E-state index in [2.05, 4.69) is 34.5 Å². The van der Waals surface area contributed by atoms with Gasteiger partial charge in [-0.25, -0.2) is 0 Å². The van der Waals surface area contributed by atoms with Crippen LogP contribution in [0.15, 0.2) is 36.4 Å². The van der Waals surface area contributed by atoms with Crippen LogP contribution in [0, 0.1) is 0 Å². The zero-order valence-corrected chi connectivity index (χ0v) is 12.5. The summed E-state index contributed by atoms with van der Waals surface area (Å²) in [5.74, 6) is 0.912. The molecule has 0 amide bonds. The highest BCUT2D eigenvalue weighted by Crippen LogP contribution is 2.22. The van der Waals surface area contributed by atoms with Crippen LogP contribution in [-0.4, -0.2) is 21.1 Å². The third kappa shape index (κ3) is 3.98. The fourth-order valence-corrected chi connectivity index (χ4v) is 2.72. The van der Waals surface area contributed by atoms with E-state index in [4.69, 9.17) is 4.74 Å². The molecule has 1 aromatic carbocycles. The van der Waals surface area contributed by atoms with Gasteiger partial charge in [0, 0.05) is 42.1 Å². The highest BCUT2D eigenvalue weighted by Gasteiger charge is 2.02. The predicted molar refractivity (Wildman–Crippen MR) is 82.2 cm³/mol. The van der Waals surface area contributed by atoms with Gasteiger partial charge in [0.1, 0.15) is 12.4 Å². The lowest BCUT2D eigenvalue weighted by molar-refractivity contribution is 0.310. The summed E-state index contributed by atoms with van der Waals surface area (Å²) >= 11 is 1.79. The first kappa shape index (κ1) is 13.9. The van der Waals surface area contributed by atoms with Crippen molar-refractivity contribution < 1.29 is 4.74 Å². The highest BCUT2D eigenvalue weighted by molar-refractivity contribution is 7.11. The average molecular weight is 276 g/mol. The summed E-state index contributed by atoms with van der Waals surface area (Å²) in [6, 6.07) is 12.4. The van der Waals surface area contributed by atoms with Crippen LogP contribution in [0.5, 0.6) is 5.75 Å². The summed E-state index contributed by atoms with van der Waals surface area (Å²) in [6.07, 6.45) is 0. The van der Waals surface area contributed by atoms with Gasteiger partial charge < -0.3 is 15.0 Å². The number of hydrogen-bond donors (Lipinski definition) is 1. The lowest BCUT2D eigenvalue weighted by Gasteiger charge is -2.13. The first-order chi connectivity index (χ1) is 9.19. The van der Waals surface area contributed by atoms with Gasteiger partial charge in [-0.3, -0.25) is 0 Å². The van der Waals surface area contributed by atoms with E-state index in [-0.39, 0.29) is 0 Å². The van der Waals surface area contributed by atoms with Crippen LogP contribution in [0.2, 0.25) is 0 Å². The van der Waals surface area contributed by atoms with Gasteiger partial charge in [-0.1, -0.05) is 6.07 Å². The van der Waals surface area contributed by atoms with Crippen LogP contribution in [0.25, 0.3) is 0 Å². The topological polar surface area (TPSA) is 24.5 Å². The molecule has 0 fully saturated rings. The van der Waals surface area contributed by atoms with Gasteiger partial charge in [-0.05, 0) is 31.3 Å². The van der Waals surface area contributed by atoms with Crippen LogP contribution in [0.1, 0.15) is 9.75 Å². The molecule has 0 aliphatic rings. The van der Waals surface area contributed by atoms with E-state index >= 15 is 0 Å². The molecular formula is C15H20N2OS. The monoisotopic (exact) mass is 276 g/mol. The molecule has 2 rings (SSSR count). The summed E-state index contributed by atoms with van der Waals surface area (Å²) in [4.78, 5) is 4.66. The maximum Gasteiger partial charge on any atom is 0.122 e. The van der Waals surface area contributed by atoms with Gasteiger partial charge in [-0.15, -0.1) is 11.3 Å². The molecular weight excluding hydrogens is 256 g/mol. The maximum absolute atomic E-state index is 5.84. The summed E-state index contributed by atoms with van der Waals surface area (Å²) in [5.41, 5.74) is 1.15. The molecule has 0 atom stereocenters. The van der Waals surface area contributed by atoms with Crippen molar-refractivity contribution in [1.82, 2.24) is 5.32 Å². The van der Waals surface area contributed by atoms with Crippen molar-refractivity contribution in [3.63, 3.8) is 0 Å². The molecule has 19 heavy (non-hydrogen) atoms. The molecule has 0 spiro atoms. The van der Waals surface area contributed by atoms with E-state index in [9.17, 15) is 0 Å². The van der Waals surface area contributed by atoms with E-state index in [1.165, 1.54) is 9.75 Å². The summed E-state index contributed by atoms with van der Waals surface area (Å²) in [5, 5.41) is 3.16. The summed E-state index contributed by atoms with van der Waals surface area (Å²) in [6.45, 7) is 1.55. The minimum absolute atomic E-state index is 0.630. The Morgan fingerprint density at radius 3 is 2.68 bits per heavy atom. The van der Waals surface area contributed by atoms with Crippen molar-refractivity contribution in [2.45, 2.75) is 13.2 Å². The fourth-order valence-electron chi connectivity index (χ4n) is 1.78. The Morgan fingerprint density at radius 2 is 1.95 bits per heavy atom. The van der Waals surface area contributed by atoms with E-state index in [0.29, 0.717) is 6.61 Å². The maximum atomic E-state index is 5.84. The number of nitrogens with zero attached hydrogens (tertiary/aromatic N) is 1. The third-order valence-electron chi connectivity index (χ3n) is 2.78. The van der Waals surface area contributed by atoms with E-state index < -0.39 is 0 Å². The zero-order valence-electron chi connectivity index (χ0n) is 11.6. The number of rotatable bonds is 6. The normalized spacial score (nSPS) is 10.5. The zero-order chi connectivity index (χ0) is 13.7. The van der Waals surface area contributed by atoms with Crippen molar-refractivity contribution >= 4 is 17.0 Å². The first-order valence-corrected chi connectivity index (χ1v) is 7.13. The van der Waals surface area contributed by atoms with E-state index in [0.717, 1.165) is 18.0 Å².